The number of para-hydroxylation sites is 1. The Morgan fingerprint density at radius 2 is 1.73 bits per heavy atom. The zero-order valence-corrected chi connectivity index (χ0v) is 9.41. The van der Waals surface area contributed by atoms with E-state index in [-0.39, 0.29) is 12.4 Å². The SMILES string of the molecule is Cl.NC(=Nc1ccccc1)N1CCCC1. The van der Waals surface area contributed by atoms with E-state index in [2.05, 4.69) is 9.89 Å². The Morgan fingerprint density at radius 1 is 1.13 bits per heavy atom. The van der Waals surface area contributed by atoms with Gasteiger partial charge in [0.1, 0.15) is 0 Å². The molecule has 2 N–H and O–H groups in total. The molecule has 1 heterocycles. The van der Waals surface area contributed by atoms with Crippen LogP contribution in [0.4, 0.5) is 5.69 Å². The molecule has 3 nitrogen and oxygen atoms in total. The van der Waals surface area contributed by atoms with E-state index in [1.165, 1.54) is 12.8 Å². The lowest BCUT2D eigenvalue weighted by atomic mass is 10.3. The molecule has 1 fully saturated rings. The second-order valence-electron chi connectivity index (χ2n) is 3.50. The molecule has 0 aliphatic carbocycles. The molecule has 0 saturated carbocycles. The lowest BCUT2D eigenvalue weighted by Crippen LogP contribution is -2.34. The highest BCUT2D eigenvalue weighted by atomic mass is 35.5. The number of guanidine groups is 1. The number of hydrogen-bond donors (Lipinski definition) is 1. The van der Waals surface area contributed by atoms with Crippen LogP contribution < -0.4 is 5.73 Å². The van der Waals surface area contributed by atoms with E-state index in [0.717, 1.165) is 18.8 Å². The first kappa shape index (κ1) is 11.9. The van der Waals surface area contributed by atoms with Gasteiger partial charge in [-0.25, -0.2) is 4.99 Å². The van der Waals surface area contributed by atoms with E-state index in [0.29, 0.717) is 5.96 Å². The maximum Gasteiger partial charge on any atom is 0.196 e. The molecule has 0 amide bonds. The van der Waals surface area contributed by atoms with Gasteiger partial charge in [0, 0.05) is 13.1 Å². The highest BCUT2D eigenvalue weighted by Crippen LogP contribution is 2.12. The van der Waals surface area contributed by atoms with Crippen LogP contribution in [0.15, 0.2) is 35.3 Å². The maximum absolute atomic E-state index is 5.89. The zero-order chi connectivity index (χ0) is 9.80. The Balaban J connectivity index is 0.00000112. The third-order valence-electron chi connectivity index (χ3n) is 2.43. The highest BCUT2D eigenvalue weighted by Gasteiger charge is 2.12. The lowest BCUT2D eigenvalue weighted by Gasteiger charge is -2.15. The molecule has 0 bridgehead atoms. The third kappa shape index (κ3) is 3.13. The van der Waals surface area contributed by atoms with Gasteiger partial charge in [0.15, 0.2) is 5.96 Å². The predicted octanol–water partition coefficient (Wildman–Crippen LogP) is 2.15. The molecule has 82 valence electrons. The smallest absolute Gasteiger partial charge is 0.196 e. The average molecular weight is 226 g/mol. The largest absolute Gasteiger partial charge is 0.369 e. The van der Waals surface area contributed by atoms with Gasteiger partial charge in [-0.05, 0) is 25.0 Å². The van der Waals surface area contributed by atoms with Gasteiger partial charge in [0.05, 0.1) is 5.69 Å². The summed E-state index contributed by atoms with van der Waals surface area (Å²) >= 11 is 0. The first-order valence-corrected chi connectivity index (χ1v) is 5.00. The van der Waals surface area contributed by atoms with Crippen molar-refractivity contribution in [1.82, 2.24) is 4.90 Å². The fraction of sp³-hybridized carbons (Fsp3) is 0.364. The summed E-state index contributed by atoms with van der Waals surface area (Å²) in [5.74, 6) is 0.647. The fourth-order valence-electron chi connectivity index (χ4n) is 1.65. The van der Waals surface area contributed by atoms with Crippen molar-refractivity contribution < 1.29 is 0 Å². The standard InChI is InChI=1S/C11H15N3.ClH/c12-11(14-8-4-5-9-14)13-10-6-2-1-3-7-10;/h1-3,6-7H,4-5,8-9H2,(H2,12,13);1H. The second kappa shape index (κ2) is 5.61. The van der Waals surface area contributed by atoms with Crippen molar-refractivity contribution >= 4 is 24.1 Å². The number of benzene rings is 1. The van der Waals surface area contributed by atoms with E-state index in [4.69, 9.17) is 5.73 Å². The van der Waals surface area contributed by atoms with E-state index in [9.17, 15) is 0 Å². The first-order chi connectivity index (χ1) is 6.86. The van der Waals surface area contributed by atoms with Crippen LogP contribution in [-0.4, -0.2) is 23.9 Å². The summed E-state index contributed by atoms with van der Waals surface area (Å²) < 4.78 is 0. The van der Waals surface area contributed by atoms with Crippen LogP contribution in [0.5, 0.6) is 0 Å². The Labute approximate surface area is 96.4 Å². The molecule has 1 aliphatic heterocycles. The maximum atomic E-state index is 5.89. The summed E-state index contributed by atoms with van der Waals surface area (Å²) in [5, 5.41) is 0. The molecule has 1 aliphatic rings. The first-order valence-electron chi connectivity index (χ1n) is 5.00. The van der Waals surface area contributed by atoms with E-state index >= 15 is 0 Å². The van der Waals surface area contributed by atoms with Crippen LogP contribution >= 0.6 is 12.4 Å². The van der Waals surface area contributed by atoms with Gasteiger partial charge in [0.25, 0.3) is 0 Å². The van der Waals surface area contributed by atoms with Gasteiger partial charge < -0.3 is 10.6 Å². The normalized spacial score (nSPS) is 16.3. The molecule has 4 heteroatoms. The summed E-state index contributed by atoms with van der Waals surface area (Å²) in [4.78, 5) is 6.49. The van der Waals surface area contributed by atoms with Crippen molar-refractivity contribution in [2.24, 2.45) is 10.7 Å². The third-order valence-corrected chi connectivity index (χ3v) is 2.43. The molecule has 0 radical (unpaired) electrons. The Kier molecular flexibility index (Phi) is 4.43. The predicted molar refractivity (Wildman–Crippen MR) is 65.8 cm³/mol. The van der Waals surface area contributed by atoms with Crippen molar-refractivity contribution in [3.63, 3.8) is 0 Å². The zero-order valence-electron chi connectivity index (χ0n) is 8.60. The molecule has 1 aromatic rings. The minimum atomic E-state index is 0. The average Bonchev–Trinajstić information content (AvgIpc) is 2.72. The van der Waals surface area contributed by atoms with Gasteiger partial charge >= 0.3 is 0 Å². The topological polar surface area (TPSA) is 41.6 Å². The Morgan fingerprint density at radius 3 is 2.33 bits per heavy atom. The van der Waals surface area contributed by atoms with Crippen molar-refractivity contribution in [1.29, 1.82) is 0 Å². The number of rotatable bonds is 1. The quantitative estimate of drug-likeness (QED) is 0.588. The highest BCUT2D eigenvalue weighted by molar-refractivity contribution is 5.85. The van der Waals surface area contributed by atoms with Crippen LogP contribution in [0.2, 0.25) is 0 Å². The molecule has 0 spiro atoms. The Hall–Kier alpha value is -1.22. The molecule has 0 atom stereocenters. The van der Waals surface area contributed by atoms with Gasteiger partial charge in [-0.1, -0.05) is 18.2 Å². The Bertz CT molecular complexity index is 318. The summed E-state index contributed by atoms with van der Waals surface area (Å²) in [6.07, 6.45) is 2.45. The summed E-state index contributed by atoms with van der Waals surface area (Å²) in [6.45, 7) is 2.09. The molecular weight excluding hydrogens is 210 g/mol. The van der Waals surface area contributed by atoms with Gasteiger partial charge in [-0.15, -0.1) is 12.4 Å². The molecule has 0 aromatic heterocycles. The second-order valence-corrected chi connectivity index (χ2v) is 3.50. The number of halogens is 1. The van der Waals surface area contributed by atoms with Crippen LogP contribution in [0, 0.1) is 0 Å². The number of hydrogen-bond acceptors (Lipinski definition) is 1. The number of aliphatic imine (C=N–C) groups is 1. The monoisotopic (exact) mass is 225 g/mol. The summed E-state index contributed by atoms with van der Waals surface area (Å²) in [6, 6.07) is 9.84. The van der Waals surface area contributed by atoms with E-state index in [1.807, 2.05) is 30.3 Å². The molecule has 1 aromatic carbocycles. The van der Waals surface area contributed by atoms with Gasteiger partial charge in [0.2, 0.25) is 0 Å². The van der Waals surface area contributed by atoms with Crippen molar-refractivity contribution in [3.8, 4) is 0 Å². The summed E-state index contributed by atoms with van der Waals surface area (Å²) in [7, 11) is 0. The molecule has 0 unspecified atom stereocenters. The van der Waals surface area contributed by atoms with E-state index in [1.54, 1.807) is 0 Å². The molecule has 1 saturated heterocycles. The van der Waals surface area contributed by atoms with Crippen molar-refractivity contribution in [3.05, 3.63) is 30.3 Å². The van der Waals surface area contributed by atoms with E-state index < -0.39 is 0 Å². The summed E-state index contributed by atoms with van der Waals surface area (Å²) in [5.41, 5.74) is 6.81. The molecule has 15 heavy (non-hydrogen) atoms. The van der Waals surface area contributed by atoms with Crippen LogP contribution in [0.25, 0.3) is 0 Å². The van der Waals surface area contributed by atoms with Crippen molar-refractivity contribution in [2.45, 2.75) is 12.8 Å². The minimum Gasteiger partial charge on any atom is -0.369 e. The number of nitrogens with two attached hydrogens (primary N) is 1. The van der Waals surface area contributed by atoms with Crippen LogP contribution in [0.1, 0.15) is 12.8 Å². The van der Waals surface area contributed by atoms with Crippen molar-refractivity contribution in [2.75, 3.05) is 13.1 Å². The van der Waals surface area contributed by atoms with Crippen LogP contribution in [-0.2, 0) is 0 Å². The lowest BCUT2D eigenvalue weighted by molar-refractivity contribution is 0.513. The van der Waals surface area contributed by atoms with Crippen LogP contribution in [0.3, 0.4) is 0 Å². The molecular formula is C11H16ClN3. The minimum absolute atomic E-state index is 0. The fourth-order valence-corrected chi connectivity index (χ4v) is 1.65. The number of likely N-dealkylation sites (tertiary alicyclic amines) is 1. The molecule has 2 rings (SSSR count). The number of nitrogens with zero attached hydrogens (tertiary/aromatic N) is 2. The van der Waals surface area contributed by atoms with Gasteiger partial charge in [-0.3, -0.25) is 0 Å². The van der Waals surface area contributed by atoms with Gasteiger partial charge in [-0.2, -0.15) is 0 Å².